The number of rotatable bonds is 5. The summed E-state index contributed by atoms with van der Waals surface area (Å²) in [7, 11) is 4.72. The van der Waals surface area contributed by atoms with Crippen LogP contribution < -0.4 is 25.3 Å². The Balaban J connectivity index is 2.37. The number of nitrogens with two attached hydrogens (primary N) is 1. The SMILES string of the molecule is COc1cc(Nc2ccc(N)c(C)n2)cc(OC)c1OC. The summed E-state index contributed by atoms with van der Waals surface area (Å²) in [5.74, 6) is 2.39. The molecule has 0 unspecified atom stereocenters. The van der Waals surface area contributed by atoms with Gasteiger partial charge in [-0.15, -0.1) is 0 Å². The fourth-order valence-electron chi connectivity index (χ4n) is 1.94. The Morgan fingerprint density at radius 1 is 1.00 bits per heavy atom. The van der Waals surface area contributed by atoms with Crippen LogP contribution in [0, 0.1) is 6.92 Å². The molecule has 1 aromatic carbocycles. The van der Waals surface area contributed by atoms with Crippen molar-refractivity contribution in [1.82, 2.24) is 4.98 Å². The van der Waals surface area contributed by atoms with Gasteiger partial charge in [0.15, 0.2) is 11.5 Å². The van der Waals surface area contributed by atoms with E-state index in [9.17, 15) is 0 Å². The minimum atomic E-state index is 0.548. The molecular weight excluding hydrogens is 270 g/mol. The van der Waals surface area contributed by atoms with Crippen LogP contribution in [0.3, 0.4) is 0 Å². The summed E-state index contributed by atoms with van der Waals surface area (Å²) in [6.45, 7) is 1.86. The van der Waals surface area contributed by atoms with Gasteiger partial charge in [-0.05, 0) is 19.1 Å². The Morgan fingerprint density at radius 3 is 2.10 bits per heavy atom. The number of nitrogen functional groups attached to an aromatic ring is 1. The maximum atomic E-state index is 5.76. The Hall–Kier alpha value is -2.63. The topological polar surface area (TPSA) is 78.6 Å². The van der Waals surface area contributed by atoms with Gasteiger partial charge in [0, 0.05) is 17.8 Å². The summed E-state index contributed by atoms with van der Waals surface area (Å²) < 4.78 is 15.9. The predicted molar refractivity (Wildman–Crippen MR) is 82.8 cm³/mol. The highest BCUT2D eigenvalue weighted by Gasteiger charge is 2.13. The molecule has 0 atom stereocenters. The third kappa shape index (κ3) is 3.10. The van der Waals surface area contributed by atoms with Gasteiger partial charge in [0.1, 0.15) is 5.82 Å². The first-order valence-corrected chi connectivity index (χ1v) is 6.39. The summed E-state index contributed by atoms with van der Waals surface area (Å²) >= 11 is 0. The summed E-state index contributed by atoms with van der Waals surface area (Å²) in [6, 6.07) is 7.25. The Labute approximate surface area is 123 Å². The lowest BCUT2D eigenvalue weighted by Crippen LogP contribution is -2.00. The average molecular weight is 289 g/mol. The molecule has 1 aromatic heterocycles. The lowest BCUT2D eigenvalue weighted by Gasteiger charge is -2.15. The Bertz CT molecular complexity index is 619. The van der Waals surface area contributed by atoms with Crippen LogP contribution in [0.1, 0.15) is 5.69 Å². The number of hydrogen-bond donors (Lipinski definition) is 2. The summed E-state index contributed by atoms with van der Waals surface area (Å²) in [4.78, 5) is 4.37. The molecule has 0 radical (unpaired) electrons. The van der Waals surface area contributed by atoms with Crippen molar-refractivity contribution in [3.8, 4) is 17.2 Å². The quantitative estimate of drug-likeness (QED) is 0.881. The smallest absolute Gasteiger partial charge is 0.203 e. The van der Waals surface area contributed by atoms with E-state index >= 15 is 0 Å². The zero-order valence-corrected chi connectivity index (χ0v) is 12.6. The van der Waals surface area contributed by atoms with Gasteiger partial charge >= 0.3 is 0 Å². The van der Waals surface area contributed by atoms with Crippen molar-refractivity contribution in [2.75, 3.05) is 32.4 Å². The molecule has 0 bridgehead atoms. The fourth-order valence-corrected chi connectivity index (χ4v) is 1.94. The molecule has 0 aliphatic heterocycles. The number of nitrogens with zero attached hydrogens (tertiary/aromatic N) is 1. The molecule has 0 spiro atoms. The average Bonchev–Trinajstić information content (AvgIpc) is 2.49. The number of nitrogens with one attached hydrogen (secondary N) is 1. The van der Waals surface area contributed by atoms with Gasteiger partial charge in [0.2, 0.25) is 5.75 Å². The molecule has 3 N–H and O–H groups in total. The third-order valence-corrected chi connectivity index (χ3v) is 3.06. The van der Waals surface area contributed by atoms with Crippen LogP contribution in [-0.4, -0.2) is 26.3 Å². The normalized spacial score (nSPS) is 10.1. The fraction of sp³-hybridized carbons (Fsp3) is 0.267. The van der Waals surface area contributed by atoms with E-state index in [0.29, 0.717) is 28.8 Å². The van der Waals surface area contributed by atoms with E-state index < -0.39 is 0 Å². The molecule has 6 nitrogen and oxygen atoms in total. The molecule has 6 heteroatoms. The van der Waals surface area contributed by atoms with E-state index in [2.05, 4.69) is 10.3 Å². The van der Waals surface area contributed by atoms with Crippen LogP contribution in [0.2, 0.25) is 0 Å². The van der Waals surface area contributed by atoms with Crippen molar-refractivity contribution in [1.29, 1.82) is 0 Å². The number of hydrogen-bond acceptors (Lipinski definition) is 6. The number of aromatic nitrogens is 1. The molecule has 0 aliphatic carbocycles. The van der Waals surface area contributed by atoms with E-state index in [0.717, 1.165) is 11.4 Å². The lowest BCUT2D eigenvalue weighted by atomic mass is 10.2. The van der Waals surface area contributed by atoms with Gasteiger partial charge in [0.05, 0.1) is 32.7 Å². The van der Waals surface area contributed by atoms with E-state index in [-0.39, 0.29) is 0 Å². The van der Waals surface area contributed by atoms with Gasteiger partial charge in [-0.2, -0.15) is 0 Å². The minimum Gasteiger partial charge on any atom is -0.493 e. The first-order valence-electron chi connectivity index (χ1n) is 6.39. The minimum absolute atomic E-state index is 0.548. The highest BCUT2D eigenvalue weighted by molar-refractivity contribution is 5.67. The number of aryl methyl sites for hydroxylation is 1. The summed E-state index contributed by atoms with van der Waals surface area (Å²) in [5, 5.41) is 3.19. The van der Waals surface area contributed by atoms with Gasteiger partial charge in [-0.3, -0.25) is 0 Å². The summed E-state index contributed by atoms with van der Waals surface area (Å²) in [5.41, 5.74) is 7.97. The second-order valence-corrected chi connectivity index (χ2v) is 4.41. The van der Waals surface area contributed by atoms with E-state index in [1.54, 1.807) is 21.3 Å². The first kappa shape index (κ1) is 14.8. The van der Waals surface area contributed by atoms with Crippen LogP contribution in [-0.2, 0) is 0 Å². The molecule has 0 fully saturated rings. The summed E-state index contributed by atoms with van der Waals surface area (Å²) in [6.07, 6.45) is 0. The molecule has 0 aliphatic rings. The number of benzene rings is 1. The molecule has 0 saturated heterocycles. The van der Waals surface area contributed by atoms with Crippen molar-refractivity contribution in [3.63, 3.8) is 0 Å². The van der Waals surface area contributed by atoms with E-state index in [4.69, 9.17) is 19.9 Å². The molecule has 112 valence electrons. The van der Waals surface area contributed by atoms with Gasteiger partial charge in [-0.1, -0.05) is 0 Å². The molecule has 2 aromatic rings. The molecule has 1 heterocycles. The second kappa shape index (κ2) is 6.21. The van der Waals surface area contributed by atoms with Crippen molar-refractivity contribution < 1.29 is 14.2 Å². The predicted octanol–water partition coefficient (Wildman–Crippen LogP) is 2.74. The highest BCUT2D eigenvalue weighted by atomic mass is 16.5. The van der Waals surface area contributed by atoms with Gasteiger partial charge < -0.3 is 25.3 Å². The Kier molecular flexibility index (Phi) is 4.37. The number of methoxy groups -OCH3 is 3. The van der Waals surface area contributed by atoms with Crippen LogP contribution in [0.15, 0.2) is 24.3 Å². The van der Waals surface area contributed by atoms with Crippen molar-refractivity contribution in [3.05, 3.63) is 30.0 Å². The highest BCUT2D eigenvalue weighted by Crippen LogP contribution is 2.40. The van der Waals surface area contributed by atoms with Crippen LogP contribution in [0.25, 0.3) is 0 Å². The van der Waals surface area contributed by atoms with E-state index in [1.807, 2.05) is 31.2 Å². The third-order valence-electron chi connectivity index (χ3n) is 3.06. The Morgan fingerprint density at radius 2 is 1.62 bits per heavy atom. The monoisotopic (exact) mass is 289 g/mol. The van der Waals surface area contributed by atoms with Crippen molar-refractivity contribution in [2.24, 2.45) is 0 Å². The van der Waals surface area contributed by atoms with Crippen molar-refractivity contribution in [2.45, 2.75) is 6.92 Å². The zero-order chi connectivity index (χ0) is 15.4. The standard InChI is InChI=1S/C15H19N3O3/c1-9-11(16)5-6-14(17-9)18-10-7-12(19-2)15(21-4)13(8-10)20-3/h5-8H,16H2,1-4H3,(H,17,18). The molecule has 21 heavy (non-hydrogen) atoms. The van der Waals surface area contributed by atoms with E-state index in [1.165, 1.54) is 0 Å². The zero-order valence-electron chi connectivity index (χ0n) is 12.6. The van der Waals surface area contributed by atoms with Crippen LogP contribution in [0.5, 0.6) is 17.2 Å². The number of pyridine rings is 1. The van der Waals surface area contributed by atoms with Crippen molar-refractivity contribution >= 4 is 17.2 Å². The maximum Gasteiger partial charge on any atom is 0.203 e. The maximum absolute atomic E-state index is 5.76. The molecule has 2 rings (SSSR count). The van der Waals surface area contributed by atoms with Gasteiger partial charge in [-0.25, -0.2) is 4.98 Å². The largest absolute Gasteiger partial charge is 0.493 e. The number of ether oxygens (including phenoxy) is 3. The molecule has 0 saturated carbocycles. The lowest BCUT2D eigenvalue weighted by molar-refractivity contribution is 0.324. The van der Waals surface area contributed by atoms with Gasteiger partial charge in [0.25, 0.3) is 0 Å². The second-order valence-electron chi connectivity index (χ2n) is 4.41. The first-order chi connectivity index (χ1) is 10.1. The van der Waals surface area contributed by atoms with Crippen LogP contribution >= 0.6 is 0 Å². The molecular formula is C15H19N3O3. The van der Waals surface area contributed by atoms with Crippen LogP contribution in [0.4, 0.5) is 17.2 Å². The number of anilines is 3. The molecule has 0 amide bonds.